The van der Waals surface area contributed by atoms with Crippen LogP contribution in [0.4, 0.5) is 0 Å². The molecule has 0 bridgehead atoms. The highest BCUT2D eigenvalue weighted by molar-refractivity contribution is 5.87. The van der Waals surface area contributed by atoms with Crippen LogP contribution in [-0.2, 0) is 0 Å². The van der Waals surface area contributed by atoms with E-state index in [1.165, 1.54) is 6.07 Å². The molecule has 0 saturated heterocycles. The van der Waals surface area contributed by atoms with Crippen LogP contribution in [0.5, 0.6) is 11.5 Å². The second-order valence-electron chi connectivity index (χ2n) is 4.20. The third kappa shape index (κ3) is 2.11. The maximum atomic E-state index is 11.3. The van der Waals surface area contributed by atoms with Gasteiger partial charge in [-0.25, -0.2) is 4.79 Å². The van der Waals surface area contributed by atoms with E-state index < -0.39 is 5.63 Å². The molecule has 90 valence electrons. The van der Waals surface area contributed by atoms with E-state index in [9.17, 15) is 9.90 Å². The summed E-state index contributed by atoms with van der Waals surface area (Å²) in [5.74, 6) is 0.193. The van der Waals surface area contributed by atoms with Gasteiger partial charge in [-0.05, 0) is 38.5 Å². The zero-order valence-electron chi connectivity index (χ0n) is 9.98. The summed E-state index contributed by atoms with van der Waals surface area (Å²) < 4.78 is 10.4. The van der Waals surface area contributed by atoms with Crippen LogP contribution in [0, 0.1) is 6.92 Å². The van der Waals surface area contributed by atoms with Crippen LogP contribution in [0.15, 0.2) is 27.4 Å². The molecule has 0 aliphatic heterocycles. The van der Waals surface area contributed by atoms with Crippen LogP contribution >= 0.6 is 0 Å². The molecule has 0 radical (unpaired) electrons. The normalized spacial score (nSPS) is 11.1. The molecule has 4 nitrogen and oxygen atoms in total. The summed E-state index contributed by atoms with van der Waals surface area (Å²) in [6.07, 6.45) is -0.0603. The first-order valence-electron chi connectivity index (χ1n) is 5.42. The number of hydrogen-bond donors (Lipinski definition) is 1. The molecule has 1 aromatic carbocycles. The van der Waals surface area contributed by atoms with E-state index in [4.69, 9.17) is 9.15 Å². The van der Waals surface area contributed by atoms with Crippen molar-refractivity contribution >= 4 is 11.0 Å². The van der Waals surface area contributed by atoms with Crippen molar-refractivity contribution in [3.05, 3.63) is 34.2 Å². The summed E-state index contributed by atoms with van der Waals surface area (Å²) in [4.78, 5) is 11.3. The summed E-state index contributed by atoms with van der Waals surface area (Å²) in [5, 5.41) is 10.7. The van der Waals surface area contributed by atoms with Gasteiger partial charge in [0, 0.05) is 11.5 Å². The van der Waals surface area contributed by atoms with Gasteiger partial charge >= 0.3 is 5.63 Å². The lowest BCUT2D eigenvalue weighted by molar-refractivity contribution is 0.232. The second-order valence-corrected chi connectivity index (χ2v) is 4.20. The minimum absolute atomic E-state index is 0.0603. The third-order valence-electron chi connectivity index (χ3n) is 2.42. The van der Waals surface area contributed by atoms with Crippen molar-refractivity contribution in [3.63, 3.8) is 0 Å². The number of rotatable bonds is 2. The molecule has 0 saturated carbocycles. The molecule has 0 fully saturated rings. The molecule has 0 atom stereocenters. The van der Waals surface area contributed by atoms with Gasteiger partial charge in [-0.15, -0.1) is 0 Å². The first-order valence-corrected chi connectivity index (χ1v) is 5.42. The predicted molar refractivity (Wildman–Crippen MR) is 64.6 cm³/mol. The molecule has 1 N–H and O–H groups in total. The summed E-state index contributed by atoms with van der Waals surface area (Å²) in [7, 11) is 0. The van der Waals surface area contributed by atoms with Crippen LogP contribution in [0.25, 0.3) is 11.0 Å². The van der Waals surface area contributed by atoms with E-state index in [-0.39, 0.29) is 17.4 Å². The first-order chi connectivity index (χ1) is 7.99. The van der Waals surface area contributed by atoms with E-state index >= 15 is 0 Å². The SMILES string of the molecule is Cc1cc(=O)oc2c(O)c(OC(C)C)ccc12. The molecule has 0 unspecified atom stereocenters. The van der Waals surface area contributed by atoms with Gasteiger partial charge in [0.1, 0.15) is 0 Å². The fraction of sp³-hybridized carbons (Fsp3) is 0.308. The Morgan fingerprint density at radius 2 is 2.06 bits per heavy atom. The predicted octanol–water partition coefficient (Wildman–Crippen LogP) is 2.59. The van der Waals surface area contributed by atoms with E-state index in [0.717, 1.165) is 5.56 Å². The zero-order chi connectivity index (χ0) is 12.6. The fourth-order valence-electron chi connectivity index (χ4n) is 1.70. The molecule has 0 amide bonds. The van der Waals surface area contributed by atoms with Crippen molar-refractivity contribution in [1.82, 2.24) is 0 Å². The highest BCUT2D eigenvalue weighted by atomic mass is 16.5. The molecule has 1 aromatic heterocycles. The van der Waals surface area contributed by atoms with Crippen LogP contribution in [0.1, 0.15) is 19.4 Å². The number of phenolic OH excluding ortho intramolecular Hbond substituents is 1. The first kappa shape index (κ1) is 11.5. The van der Waals surface area contributed by atoms with Gasteiger partial charge in [0.25, 0.3) is 0 Å². The molecule has 1 heterocycles. The number of benzene rings is 1. The van der Waals surface area contributed by atoms with Crippen LogP contribution in [0.2, 0.25) is 0 Å². The molecular weight excluding hydrogens is 220 g/mol. The number of hydrogen-bond acceptors (Lipinski definition) is 4. The van der Waals surface area contributed by atoms with Crippen molar-refractivity contribution in [2.45, 2.75) is 26.9 Å². The maximum Gasteiger partial charge on any atom is 0.336 e. The molecule has 0 spiro atoms. The van der Waals surface area contributed by atoms with Crippen LogP contribution in [-0.4, -0.2) is 11.2 Å². The van der Waals surface area contributed by atoms with Gasteiger partial charge in [0.2, 0.25) is 5.75 Å². The van der Waals surface area contributed by atoms with Gasteiger partial charge in [-0.2, -0.15) is 0 Å². The number of aromatic hydroxyl groups is 1. The quantitative estimate of drug-likeness (QED) is 0.811. The van der Waals surface area contributed by atoms with E-state index in [0.29, 0.717) is 11.1 Å². The number of phenols is 1. The fourth-order valence-corrected chi connectivity index (χ4v) is 1.70. The lowest BCUT2D eigenvalue weighted by Crippen LogP contribution is -2.06. The minimum atomic E-state index is -0.480. The molecule has 0 aliphatic rings. The van der Waals surface area contributed by atoms with Crippen molar-refractivity contribution in [2.24, 2.45) is 0 Å². The highest BCUT2D eigenvalue weighted by Gasteiger charge is 2.13. The van der Waals surface area contributed by atoms with E-state index in [1.54, 1.807) is 19.1 Å². The molecule has 2 aromatic rings. The lowest BCUT2D eigenvalue weighted by Gasteiger charge is -2.12. The van der Waals surface area contributed by atoms with Crippen molar-refractivity contribution in [2.75, 3.05) is 0 Å². The van der Waals surface area contributed by atoms with E-state index in [1.807, 2.05) is 13.8 Å². The third-order valence-corrected chi connectivity index (χ3v) is 2.42. The number of aryl methyl sites for hydroxylation is 1. The Bertz CT molecular complexity index is 611. The number of ether oxygens (including phenoxy) is 1. The summed E-state index contributed by atoms with van der Waals surface area (Å²) in [5.41, 5.74) is 0.461. The standard InChI is InChI=1S/C13H14O4/c1-7(2)16-10-5-4-9-8(3)6-11(14)17-13(9)12(10)15/h4-7,15H,1-3H3. The van der Waals surface area contributed by atoms with Crippen molar-refractivity contribution < 1.29 is 14.3 Å². The second kappa shape index (κ2) is 4.13. The zero-order valence-corrected chi connectivity index (χ0v) is 9.98. The molecule has 0 aliphatic carbocycles. The Labute approximate surface area is 98.4 Å². The average molecular weight is 234 g/mol. The molecule has 17 heavy (non-hydrogen) atoms. The Morgan fingerprint density at radius 3 is 2.71 bits per heavy atom. The van der Waals surface area contributed by atoms with Gasteiger partial charge in [0.15, 0.2) is 11.3 Å². The van der Waals surface area contributed by atoms with Crippen LogP contribution in [0.3, 0.4) is 0 Å². The Hall–Kier alpha value is -1.97. The van der Waals surface area contributed by atoms with Gasteiger partial charge in [0.05, 0.1) is 6.10 Å². The van der Waals surface area contributed by atoms with Gasteiger partial charge in [-0.1, -0.05) is 0 Å². The monoisotopic (exact) mass is 234 g/mol. The molecular formula is C13H14O4. The summed E-state index contributed by atoms with van der Waals surface area (Å²) in [6, 6.07) is 4.83. The van der Waals surface area contributed by atoms with Crippen molar-refractivity contribution in [1.29, 1.82) is 0 Å². The largest absolute Gasteiger partial charge is 0.502 e. The van der Waals surface area contributed by atoms with Crippen molar-refractivity contribution in [3.8, 4) is 11.5 Å². The smallest absolute Gasteiger partial charge is 0.336 e. The Morgan fingerprint density at radius 1 is 1.35 bits per heavy atom. The Kier molecular flexibility index (Phi) is 2.79. The molecule has 4 heteroatoms. The minimum Gasteiger partial charge on any atom is -0.502 e. The maximum absolute atomic E-state index is 11.3. The van der Waals surface area contributed by atoms with Gasteiger partial charge < -0.3 is 14.3 Å². The number of fused-ring (bicyclic) bond motifs is 1. The lowest BCUT2D eigenvalue weighted by atomic mass is 10.1. The summed E-state index contributed by atoms with van der Waals surface area (Å²) in [6.45, 7) is 5.51. The molecule has 2 rings (SSSR count). The van der Waals surface area contributed by atoms with E-state index in [2.05, 4.69) is 0 Å². The Balaban J connectivity index is 2.70. The average Bonchev–Trinajstić information content (AvgIpc) is 2.22. The van der Waals surface area contributed by atoms with Crippen LogP contribution < -0.4 is 10.4 Å². The highest BCUT2D eigenvalue weighted by Crippen LogP contribution is 2.35. The van der Waals surface area contributed by atoms with Gasteiger partial charge in [-0.3, -0.25) is 0 Å². The topological polar surface area (TPSA) is 59.7 Å². The summed E-state index contributed by atoms with van der Waals surface area (Å²) >= 11 is 0.